The van der Waals surface area contributed by atoms with E-state index in [-0.39, 0.29) is 27.3 Å². The van der Waals surface area contributed by atoms with Crippen molar-refractivity contribution in [1.29, 1.82) is 0 Å². The number of allylic oxidation sites excluding steroid dienone is 1. The first-order valence-electron chi connectivity index (χ1n) is 8.99. The highest BCUT2D eigenvalue weighted by atomic mass is 35.5. The van der Waals surface area contributed by atoms with Gasteiger partial charge in [0.15, 0.2) is 0 Å². The number of pyridine rings is 1. The fourth-order valence-electron chi connectivity index (χ4n) is 2.71. The summed E-state index contributed by atoms with van der Waals surface area (Å²) in [5, 5.41) is 6.14. The van der Waals surface area contributed by atoms with Crippen LogP contribution in [0.5, 0.6) is 0 Å². The van der Waals surface area contributed by atoms with Crippen LogP contribution in [0.15, 0.2) is 47.1 Å². The van der Waals surface area contributed by atoms with Gasteiger partial charge in [-0.05, 0) is 51.1 Å². The monoisotopic (exact) mass is 466 g/mol. The van der Waals surface area contributed by atoms with E-state index in [4.69, 9.17) is 34.8 Å². The SMILES string of the molecule is CNC(=O)c1cc(Cl)cc(Cl)c1NC(=O)/C(C)=C/C(C)=N[C@@H](C)c1ncccc1Cl. The van der Waals surface area contributed by atoms with E-state index in [0.29, 0.717) is 22.0 Å². The zero-order valence-corrected chi connectivity index (χ0v) is 19.2. The molecule has 0 fully saturated rings. The second kappa shape index (κ2) is 10.6. The van der Waals surface area contributed by atoms with E-state index in [2.05, 4.69) is 20.6 Å². The number of benzene rings is 1. The van der Waals surface area contributed by atoms with Crippen molar-refractivity contribution in [3.63, 3.8) is 0 Å². The third-order valence-electron chi connectivity index (χ3n) is 4.13. The number of carbonyl (C=O) groups excluding carboxylic acids is 2. The van der Waals surface area contributed by atoms with Gasteiger partial charge in [0.1, 0.15) is 0 Å². The van der Waals surface area contributed by atoms with Crippen LogP contribution in [0.4, 0.5) is 5.69 Å². The van der Waals surface area contributed by atoms with E-state index in [9.17, 15) is 9.59 Å². The maximum Gasteiger partial charge on any atom is 0.253 e. The Balaban J connectivity index is 2.25. The van der Waals surface area contributed by atoms with Gasteiger partial charge in [0.2, 0.25) is 0 Å². The molecule has 1 aromatic heterocycles. The topological polar surface area (TPSA) is 83.5 Å². The number of anilines is 1. The van der Waals surface area contributed by atoms with Crippen LogP contribution in [0, 0.1) is 0 Å². The molecule has 30 heavy (non-hydrogen) atoms. The molecule has 6 nitrogen and oxygen atoms in total. The molecule has 0 spiro atoms. The van der Waals surface area contributed by atoms with Gasteiger partial charge in [-0.1, -0.05) is 34.8 Å². The third kappa shape index (κ3) is 6.05. The number of carbonyl (C=O) groups is 2. The first kappa shape index (κ1) is 23.9. The highest BCUT2D eigenvalue weighted by Gasteiger charge is 2.18. The van der Waals surface area contributed by atoms with Crippen LogP contribution in [0.25, 0.3) is 0 Å². The lowest BCUT2D eigenvalue weighted by Gasteiger charge is -2.13. The Morgan fingerprint density at radius 2 is 1.87 bits per heavy atom. The summed E-state index contributed by atoms with van der Waals surface area (Å²) in [4.78, 5) is 33.6. The number of halogens is 3. The molecule has 0 unspecified atom stereocenters. The molecule has 0 aliphatic carbocycles. The molecule has 9 heteroatoms. The summed E-state index contributed by atoms with van der Waals surface area (Å²) in [7, 11) is 1.47. The maximum atomic E-state index is 12.7. The summed E-state index contributed by atoms with van der Waals surface area (Å²) >= 11 is 18.3. The molecule has 1 atom stereocenters. The molecular weight excluding hydrogens is 447 g/mol. The molecule has 0 bridgehead atoms. The van der Waals surface area contributed by atoms with E-state index in [0.717, 1.165) is 0 Å². The van der Waals surface area contributed by atoms with Crippen molar-refractivity contribution < 1.29 is 9.59 Å². The summed E-state index contributed by atoms with van der Waals surface area (Å²) in [6.07, 6.45) is 3.28. The van der Waals surface area contributed by atoms with Gasteiger partial charge in [-0.3, -0.25) is 19.6 Å². The molecule has 2 N–H and O–H groups in total. The zero-order valence-electron chi connectivity index (χ0n) is 16.9. The molecule has 0 saturated carbocycles. The van der Waals surface area contributed by atoms with E-state index < -0.39 is 11.8 Å². The Kier molecular flexibility index (Phi) is 8.41. The third-order valence-corrected chi connectivity index (χ3v) is 4.96. The van der Waals surface area contributed by atoms with Crippen molar-refractivity contribution in [2.75, 3.05) is 12.4 Å². The summed E-state index contributed by atoms with van der Waals surface area (Å²) in [6.45, 7) is 5.27. The first-order chi connectivity index (χ1) is 14.1. The molecule has 2 rings (SSSR count). The van der Waals surface area contributed by atoms with Gasteiger partial charge in [0.25, 0.3) is 11.8 Å². The van der Waals surface area contributed by atoms with Gasteiger partial charge in [0, 0.05) is 29.6 Å². The van der Waals surface area contributed by atoms with Crippen LogP contribution in [0.1, 0.15) is 42.9 Å². The highest BCUT2D eigenvalue weighted by molar-refractivity contribution is 6.38. The summed E-state index contributed by atoms with van der Waals surface area (Å²) < 4.78 is 0. The van der Waals surface area contributed by atoms with Crippen molar-refractivity contribution >= 4 is 58.0 Å². The lowest BCUT2D eigenvalue weighted by molar-refractivity contribution is -0.112. The van der Waals surface area contributed by atoms with E-state index in [1.54, 1.807) is 38.3 Å². The summed E-state index contributed by atoms with van der Waals surface area (Å²) in [5.41, 5.74) is 1.99. The van der Waals surface area contributed by atoms with Crippen molar-refractivity contribution in [1.82, 2.24) is 10.3 Å². The predicted octanol–water partition coefficient (Wildman–Crippen LogP) is 5.51. The first-order valence-corrected chi connectivity index (χ1v) is 10.1. The normalized spacial score (nSPS) is 13.0. The van der Waals surface area contributed by atoms with Crippen LogP contribution >= 0.6 is 34.8 Å². The second-order valence-corrected chi connectivity index (χ2v) is 7.74. The van der Waals surface area contributed by atoms with Crippen LogP contribution in [-0.4, -0.2) is 29.6 Å². The Labute approximate surface area is 190 Å². The largest absolute Gasteiger partial charge is 0.355 e. The fraction of sp³-hybridized carbons (Fsp3) is 0.238. The molecule has 0 radical (unpaired) electrons. The van der Waals surface area contributed by atoms with E-state index >= 15 is 0 Å². The fourth-order valence-corrected chi connectivity index (χ4v) is 3.53. The lowest BCUT2D eigenvalue weighted by Crippen LogP contribution is -2.22. The van der Waals surface area contributed by atoms with Crippen LogP contribution in [-0.2, 0) is 4.79 Å². The molecule has 2 amide bonds. The minimum absolute atomic E-state index is 0.158. The van der Waals surface area contributed by atoms with Crippen LogP contribution in [0.2, 0.25) is 15.1 Å². The van der Waals surface area contributed by atoms with Gasteiger partial charge in [-0.25, -0.2) is 0 Å². The number of rotatable bonds is 6. The predicted molar refractivity (Wildman–Crippen MR) is 123 cm³/mol. The summed E-state index contributed by atoms with van der Waals surface area (Å²) in [5.74, 6) is -0.849. The van der Waals surface area contributed by atoms with Gasteiger partial charge >= 0.3 is 0 Å². The minimum Gasteiger partial charge on any atom is -0.355 e. The Morgan fingerprint density at radius 3 is 2.50 bits per heavy atom. The molecule has 0 aliphatic heterocycles. The van der Waals surface area contributed by atoms with Crippen molar-refractivity contribution in [2.24, 2.45) is 4.99 Å². The smallest absolute Gasteiger partial charge is 0.253 e. The average Bonchev–Trinajstić information content (AvgIpc) is 2.69. The molecular formula is C21H21Cl3N4O2. The van der Waals surface area contributed by atoms with E-state index in [1.165, 1.54) is 19.2 Å². The van der Waals surface area contributed by atoms with E-state index in [1.807, 2.05) is 6.92 Å². The van der Waals surface area contributed by atoms with Gasteiger partial charge in [-0.15, -0.1) is 0 Å². The van der Waals surface area contributed by atoms with Crippen molar-refractivity contribution in [2.45, 2.75) is 26.8 Å². The number of nitrogens with one attached hydrogen (secondary N) is 2. The molecule has 0 saturated heterocycles. The number of aromatic nitrogens is 1. The minimum atomic E-state index is -0.428. The summed E-state index contributed by atoms with van der Waals surface area (Å²) in [6, 6.07) is 6.11. The van der Waals surface area contributed by atoms with Crippen molar-refractivity contribution in [3.8, 4) is 0 Å². The molecule has 1 heterocycles. The molecule has 0 aliphatic rings. The van der Waals surface area contributed by atoms with Gasteiger partial charge < -0.3 is 10.6 Å². The van der Waals surface area contributed by atoms with Crippen LogP contribution in [0.3, 0.4) is 0 Å². The second-order valence-electron chi connectivity index (χ2n) is 6.49. The number of hydrogen-bond acceptors (Lipinski definition) is 4. The van der Waals surface area contributed by atoms with Crippen LogP contribution < -0.4 is 10.6 Å². The maximum absolute atomic E-state index is 12.7. The number of aliphatic imine (C=N–C) groups is 1. The highest BCUT2D eigenvalue weighted by Crippen LogP contribution is 2.30. The number of hydrogen-bond donors (Lipinski definition) is 2. The zero-order chi connectivity index (χ0) is 22.4. The quantitative estimate of drug-likeness (QED) is 0.434. The Morgan fingerprint density at radius 1 is 1.17 bits per heavy atom. The van der Waals surface area contributed by atoms with Gasteiger partial charge in [0.05, 0.1) is 33.0 Å². The Hall–Kier alpha value is -2.41. The van der Waals surface area contributed by atoms with Gasteiger partial charge in [-0.2, -0.15) is 0 Å². The average molecular weight is 468 g/mol. The molecule has 158 valence electrons. The Bertz CT molecular complexity index is 1030. The molecule has 1 aromatic carbocycles. The standard InChI is InChI=1S/C21H21Cl3N4O2/c1-11(8-12(2)27-13(3)18-16(23)6-5-7-26-18)20(29)28-19-15(21(30)25-4)9-14(22)10-17(19)24/h5-10,13H,1-4H3,(H,25,30)(H,28,29)/b11-8+,27-12?/t13-/m0/s1. The number of nitrogens with zero attached hydrogens (tertiary/aromatic N) is 2. The number of amides is 2. The molecule has 2 aromatic rings. The van der Waals surface area contributed by atoms with Crippen molar-refractivity contribution in [3.05, 3.63) is 68.4 Å². The lowest BCUT2D eigenvalue weighted by atomic mass is 10.1.